The van der Waals surface area contributed by atoms with E-state index in [4.69, 9.17) is 11.2 Å². The molecule has 126 valence electrons. The summed E-state index contributed by atoms with van der Waals surface area (Å²) in [5.41, 5.74) is 1.65. The smallest absolute Gasteiger partial charge is 0.311 e. The number of carboxylic acid groups (broad SMARTS) is 1. The zero-order valence-electron chi connectivity index (χ0n) is 13.5. The van der Waals surface area contributed by atoms with Crippen LogP contribution < -0.4 is 0 Å². The molecule has 2 aromatic carbocycles. The molecule has 4 atom stereocenters. The normalized spacial score (nSPS) is 24.6. The van der Waals surface area contributed by atoms with Gasteiger partial charge >= 0.3 is 11.9 Å². The standard InChI is InChI=1S/C21H18O4/c1-2-13-25-21(24)19-16(14-9-5-3-6-10-14)18(20(22)23)17(19)15-11-7-4-8-12-15/h1,3-12,16-19H,13H2,(H,22,23)/t16-,17+,18?,19?. The van der Waals surface area contributed by atoms with Crippen molar-refractivity contribution in [1.29, 1.82) is 0 Å². The van der Waals surface area contributed by atoms with Crippen molar-refractivity contribution in [2.24, 2.45) is 11.8 Å². The molecule has 0 saturated heterocycles. The average Bonchev–Trinajstić information content (AvgIpc) is 2.60. The molecule has 1 aliphatic rings. The number of esters is 1. The van der Waals surface area contributed by atoms with E-state index in [9.17, 15) is 14.7 Å². The Morgan fingerprint density at radius 2 is 1.40 bits per heavy atom. The molecule has 2 unspecified atom stereocenters. The quantitative estimate of drug-likeness (QED) is 0.674. The van der Waals surface area contributed by atoms with Crippen LogP contribution in [0, 0.1) is 24.2 Å². The van der Waals surface area contributed by atoms with Crippen LogP contribution in [0.15, 0.2) is 60.7 Å². The van der Waals surface area contributed by atoms with E-state index < -0.39 is 35.6 Å². The molecule has 1 fully saturated rings. The van der Waals surface area contributed by atoms with E-state index in [1.54, 1.807) is 0 Å². The lowest BCUT2D eigenvalue weighted by atomic mass is 9.52. The van der Waals surface area contributed by atoms with Crippen LogP contribution in [0.3, 0.4) is 0 Å². The number of hydrogen-bond acceptors (Lipinski definition) is 3. The number of benzene rings is 2. The molecular weight excluding hydrogens is 316 g/mol. The minimum Gasteiger partial charge on any atom is -0.481 e. The minimum absolute atomic E-state index is 0.115. The summed E-state index contributed by atoms with van der Waals surface area (Å²) < 4.78 is 5.16. The van der Waals surface area contributed by atoms with Crippen LogP contribution in [0.25, 0.3) is 0 Å². The van der Waals surface area contributed by atoms with E-state index in [0.717, 1.165) is 11.1 Å². The fourth-order valence-electron chi connectivity index (χ4n) is 3.74. The molecular formula is C21H18O4. The van der Waals surface area contributed by atoms with Gasteiger partial charge in [0, 0.05) is 11.8 Å². The number of rotatable bonds is 5. The molecule has 0 spiro atoms. The molecule has 3 rings (SSSR count). The second-order valence-corrected chi connectivity index (χ2v) is 6.07. The SMILES string of the molecule is C#CCOC(=O)C1[C@H](c2ccccc2)C(C(=O)O)[C@@H]1c1ccccc1. The van der Waals surface area contributed by atoms with Gasteiger partial charge in [-0.3, -0.25) is 9.59 Å². The first-order valence-corrected chi connectivity index (χ1v) is 8.08. The highest BCUT2D eigenvalue weighted by atomic mass is 16.5. The summed E-state index contributed by atoms with van der Waals surface area (Å²) in [5, 5.41) is 9.79. The first-order valence-electron chi connectivity index (χ1n) is 8.08. The van der Waals surface area contributed by atoms with E-state index in [2.05, 4.69) is 5.92 Å². The lowest BCUT2D eigenvalue weighted by Crippen LogP contribution is -2.51. The largest absolute Gasteiger partial charge is 0.481 e. The van der Waals surface area contributed by atoms with E-state index >= 15 is 0 Å². The van der Waals surface area contributed by atoms with Gasteiger partial charge in [0.05, 0.1) is 11.8 Å². The second kappa shape index (κ2) is 7.23. The molecule has 1 saturated carbocycles. The maximum atomic E-state index is 12.6. The van der Waals surface area contributed by atoms with Gasteiger partial charge < -0.3 is 9.84 Å². The lowest BCUT2D eigenvalue weighted by molar-refractivity contribution is -0.163. The molecule has 4 nitrogen and oxygen atoms in total. The molecule has 1 N–H and O–H groups in total. The molecule has 0 aliphatic heterocycles. The summed E-state index contributed by atoms with van der Waals surface area (Å²) >= 11 is 0. The van der Waals surface area contributed by atoms with E-state index in [1.807, 2.05) is 60.7 Å². The summed E-state index contributed by atoms with van der Waals surface area (Å²) in [5.74, 6) is -1.20. The topological polar surface area (TPSA) is 63.6 Å². The number of carbonyl (C=O) groups excluding carboxylic acids is 1. The number of aliphatic carboxylic acids is 1. The van der Waals surface area contributed by atoms with Gasteiger partial charge in [-0.25, -0.2) is 0 Å². The van der Waals surface area contributed by atoms with Gasteiger partial charge in [-0.2, -0.15) is 0 Å². The number of carboxylic acids is 1. The summed E-state index contributed by atoms with van der Waals surface area (Å²) in [6, 6.07) is 18.5. The Morgan fingerprint density at radius 3 is 1.80 bits per heavy atom. The summed E-state index contributed by atoms with van der Waals surface area (Å²) in [6.45, 7) is -0.115. The van der Waals surface area contributed by atoms with Gasteiger partial charge in [0.15, 0.2) is 6.61 Å². The lowest BCUT2D eigenvalue weighted by Gasteiger charge is -2.48. The highest BCUT2D eigenvalue weighted by molar-refractivity contribution is 5.84. The first-order chi connectivity index (χ1) is 12.1. The molecule has 25 heavy (non-hydrogen) atoms. The number of hydrogen-bond donors (Lipinski definition) is 1. The van der Waals surface area contributed by atoms with Gasteiger partial charge in [0.2, 0.25) is 0 Å². The molecule has 0 amide bonds. The van der Waals surface area contributed by atoms with E-state index in [1.165, 1.54) is 0 Å². The average molecular weight is 334 g/mol. The monoisotopic (exact) mass is 334 g/mol. The molecule has 0 radical (unpaired) electrons. The Kier molecular flexibility index (Phi) is 4.85. The van der Waals surface area contributed by atoms with Gasteiger partial charge in [0.1, 0.15) is 0 Å². The predicted octanol–water partition coefficient (Wildman–Crippen LogP) is 3.06. The predicted molar refractivity (Wildman–Crippen MR) is 92.8 cm³/mol. The molecule has 0 aromatic heterocycles. The van der Waals surface area contributed by atoms with Crippen molar-refractivity contribution in [2.75, 3.05) is 6.61 Å². The summed E-state index contributed by atoms with van der Waals surface area (Å²) in [6.07, 6.45) is 5.18. The van der Waals surface area contributed by atoms with Crippen molar-refractivity contribution in [3.63, 3.8) is 0 Å². The molecule has 0 bridgehead atoms. The van der Waals surface area contributed by atoms with Crippen LogP contribution in [-0.4, -0.2) is 23.7 Å². The molecule has 0 heterocycles. The van der Waals surface area contributed by atoms with Gasteiger partial charge in [0.25, 0.3) is 0 Å². The fraction of sp³-hybridized carbons (Fsp3) is 0.238. The Bertz CT molecular complexity index is 744. The van der Waals surface area contributed by atoms with Gasteiger partial charge in [-0.1, -0.05) is 66.6 Å². The van der Waals surface area contributed by atoms with Crippen molar-refractivity contribution in [3.8, 4) is 12.3 Å². The zero-order chi connectivity index (χ0) is 17.8. The summed E-state index contributed by atoms with van der Waals surface area (Å²) in [4.78, 5) is 24.6. The maximum absolute atomic E-state index is 12.6. The zero-order valence-corrected chi connectivity index (χ0v) is 13.5. The number of terminal acetylenes is 1. The first kappa shape index (κ1) is 16.8. The Morgan fingerprint density at radius 1 is 0.920 bits per heavy atom. The van der Waals surface area contributed by atoms with E-state index in [0.29, 0.717) is 0 Å². The van der Waals surface area contributed by atoms with Crippen LogP contribution in [0.2, 0.25) is 0 Å². The van der Waals surface area contributed by atoms with Crippen LogP contribution in [-0.2, 0) is 14.3 Å². The van der Waals surface area contributed by atoms with Gasteiger partial charge in [-0.15, -0.1) is 6.42 Å². The van der Waals surface area contributed by atoms with Crippen LogP contribution in [0.1, 0.15) is 23.0 Å². The Labute approximate surface area is 146 Å². The van der Waals surface area contributed by atoms with Crippen LogP contribution in [0.4, 0.5) is 0 Å². The second-order valence-electron chi connectivity index (χ2n) is 6.07. The summed E-state index contributed by atoms with van der Waals surface area (Å²) in [7, 11) is 0. The number of ether oxygens (including phenoxy) is 1. The molecule has 2 aromatic rings. The highest BCUT2D eigenvalue weighted by Gasteiger charge is 2.59. The van der Waals surface area contributed by atoms with Crippen LogP contribution in [0.5, 0.6) is 0 Å². The van der Waals surface area contributed by atoms with Crippen molar-refractivity contribution in [2.45, 2.75) is 11.8 Å². The van der Waals surface area contributed by atoms with Crippen molar-refractivity contribution in [1.82, 2.24) is 0 Å². The van der Waals surface area contributed by atoms with Crippen molar-refractivity contribution < 1.29 is 19.4 Å². The minimum atomic E-state index is -0.913. The number of carbonyl (C=O) groups is 2. The fourth-order valence-corrected chi connectivity index (χ4v) is 3.74. The van der Waals surface area contributed by atoms with Crippen molar-refractivity contribution >= 4 is 11.9 Å². The Hall–Kier alpha value is -3.06. The maximum Gasteiger partial charge on any atom is 0.311 e. The third-order valence-corrected chi connectivity index (χ3v) is 4.77. The van der Waals surface area contributed by atoms with Crippen LogP contribution >= 0.6 is 0 Å². The van der Waals surface area contributed by atoms with Crippen molar-refractivity contribution in [3.05, 3.63) is 71.8 Å². The Balaban J connectivity index is 2.01. The molecule has 1 aliphatic carbocycles. The van der Waals surface area contributed by atoms with E-state index in [-0.39, 0.29) is 6.61 Å². The highest BCUT2D eigenvalue weighted by Crippen LogP contribution is 2.57. The van der Waals surface area contributed by atoms with Gasteiger partial charge in [-0.05, 0) is 11.1 Å². The third-order valence-electron chi connectivity index (χ3n) is 4.77. The molecule has 4 heteroatoms. The third kappa shape index (κ3) is 3.14.